The Hall–Kier alpha value is -3.87. The summed E-state index contributed by atoms with van der Waals surface area (Å²) in [7, 11) is 4.17. The number of methoxy groups -OCH3 is 3. The van der Waals surface area contributed by atoms with Crippen LogP contribution in [0.3, 0.4) is 0 Å². The van der Waals surface area contributed by atoms with Crippen LogP contribution < -0.4 is 10.1 Å². The first-order valence-electron chi connectivity index (χ1n) is 11.0. The van der Waals surface area contributed by atoms with Crippen LogP contribution in [-0.2, 0) is 23.9 Å². The minimum Gasteiger partial charge on any atom is -0.497 e. The van der Waals surface area contributed by atoms with Gasteiger partial charge in [0.1, 0.15) is 11.7 Å². The highest BCUT2D eigenvalue weighted by molar-refractivity contribution is 6.13. The summed E-state index contributed by atoms with van der Waals surface area (Å²) in [6, 6.07) is 16.6. The van der Waals surface area contributed by atoms with Crippen LogP contribution >= 0.6 is 0 Å². The molecule has 4 rings (SSSR count). The first-order chi connectivity index (χ1) is 16.4. The van der Waals surface area contributed by atoms with E-state index in [1.54, 1.807) is 26.2 Å². The largest absolute Gasteiger partial charge is 0.497 e. The lowest BCUT2D eigenvalue weighted by Crippen LogP contribution is -2.43. The minimum atomic E-state index is -1.04. The number of hydrogen-bond acceptors (Lipinski definition) is 7. The predicted octanol–water partition coefficient (Wildman–Crippen LogP) is 3.63. The predicted molar refractivity (Wildman–Crippen MR) is 125 cm³/mol. The van der Waals surface area contributed by atoms with E-state index in [9.17, 15) is 14.4 Å². The van der Waals surface area contributed by atoms with Crippen molar-refractivity contribution in [2.45, 2.75) is 25.2 Å². The van der Waals surface area contributed by atoms with E-state index in [0.29, 0.717) is 34.7 Å². The number of Topliss-reactive ketones (excluding diaryl/α,β-unsaturated/α-hetero) is 1. The highest BCUT2D eigenvalue weighted by Gasteiger charge is 2.48. The van der Waals surface area contributed by atoms with E-state index in [1.807, 2.05) is 42.5 Å². The van der Waals surface area contributed by atoms with Gasteiger partial charge >= 0.3 is 11.9 Å². The number of hydrogen-bond donors (Lipinski definition) is 1. The number of rotatable bonds is 5. The van der Waals surface area contributed by atoms with Crippen LogP contribution in [-0.4, -0.2) is 39.1 Å². The molecule has 7 heteroatoms. The Bertz CT molecular complexity index is 1180. The number of allylic oxidation sites excluding steroid dienone is 3. The van der Waals surface area contributed by atoms with E-state index < -0.39 is 29.7 Å². The van der Waals surface area contributed by atoms with Crippen molar-refractivity contribution in [1.29, 1.82) is 0 Å². The zero-order valence-electron chi connectivity index (χ0n) is 19.6. The maximum absolute atomic E-state index is 14.0. The monoisotopic (exact) mass is 461 g/mol. The SMILES string of the molecule is COC(=O)C1=C(C)NC2=C(C(=O)C(C(=O)OC)C(c3ccc(OC)cc3)C2)C1c1ccccc1. The standard InChI is InChI=1S/C27H27NO6/c1-15-21(26(30)33-3)22(17-8-6-5-7-9-17)24-20(28-15)14-19(23(25(24)29)27(31)34-4)16-10-12-18(32-2)13-11-16/h5-13,19,22-23,28H,14H2,1-4H3. The lowest BCUT2D eigenvalue weighted by atomic mass is 9.67. The number of dihydropyridines is 1. The lowest BCUT2D eigenvalue weighted by molar-refractivity contribution is -0.150. The molecule has 1 aliphatic heterocycles. The van der Waals surface area contributed by atoms with Crippen molar-refractivity contribution < 1.29 is 28.6 Å². The molecular weight excluding hydrogens is 434 g/mol. The summed E-state index contributed by atoms with van der Waals surface area (Å²) in [5.74, 6) is -2.92. The van der Waals surface area contributed by atoms with Crippen molar-refractivity contribution in [3.8, 4) is 5.75 Å². The molecule has 0 fully saturated rings. The Labute approximate surface area is 198 Å². The maximum Gasteiger partial charge on any atom is 0.336 e. The highest BCUT2D eigenvalue weighted by Crippen LogP contribution is 2.48. The van der Waals surface area contributed by atoms with Crippen LogP contribution in [0.4, 0.5) is 0 Å². The maximum atomic E-state index is 14.0. The second-order valence-electron chi connectivity index (χ2n) is 8.34. The molecule has 0 radical (unpaired) electrons. The van der Waals surface area contributed by atoms with E-state index in [2.05, 4.69) is 5.32 Å². The van der Waals surface area contributed by atoms with Crippen molar-refractivity contribution in [2.75, 3.05) is 21.3 Å². The summed E-state index contributed by atoms with van der Waals surface area (Å²) in [5, 5.41) is 3.27. The van der Waals surface area contributed by atoms with Crippen molar-refractivity contribution in [3.05, 3.63) is 88.3 Å². The highest BCUT2D eigenvalue weighted by atomic mass is 16.5. The second-order valence-corrected chi connectivity index (χ2v) is 8.34. The third-order valence-electron chi connectivity index (χ3n) is 6.56. The van der Waals surface area contributed by atoms with Crippen LogP contribution in [0.1, 0.15) is 36.3 Å². The zero-order chi connectivity index (χ0) is 24.4. The average Bonchev–Trinajstić information content (AvgIpc) is 2.87. The van der Waals surface area contributed by atoms with Gasteiger partial charge in [0.2, 0.25) is 0 Å². The summed E-state index contributed by atoms with van der Waals surface area (Å²) in [6.45, 7) is 1.80. The number of ether oxygens (including phenoxy) is 3. The molecule has 2 aromatic carbocycles. The van der Waals surface area contributed by atoms with Gasteiger partial charge < -0.3 is 19.5 Å². The van der Waals surface area contributed by atoms with Crippen LogP contribution in [0.15, 0.2) is 77.1 Å². The van der Waals surface area contributed by atoms with Crippen LogP contribution in [0, 0.1) is 5.92 Å². The van der Waals surface area contributed by atoms with E-state index >= 15 is 0 Å². The Morgan fingerprint density at radius 1 is 0.912 bits per heavy atom. The van der Waals surface area contributed by atoms with Crippen molar-refractivity contribution in [2.24, 2.45) is 5.92 Å². The normalized spacial score (nSPS) is 22.0. The Morgan fingerprint density at radius 3 is 2.18 bits per heavy atom. The topological polar surface area (TPSA) is 90.9 Å². The Kier molecular flexibility index (Phi) is 6.54. The van der Waals surface area contributed by atoms with E-state index in [1.165, 1.54) is 14.2 Å². The third kappa shape index (κ3) is 3.98. The molecule has 0 aromatic heterocycles. The summed E-state index contributed by atoms with van der Waals surface area (Å²) >= 11 is 0. The molecule has 7 nitrogen and oxygen atoms in total. The molecule has 34 heavy (non-hydrogen) atoms. The molecule has 0 saturated heterocycles. The van der Waals surface area contributed by atoms with Crippen molar-refractivity contribution >= 4 is 17.7 Å². The molecule has 1 N–H and O–H groups in total. The number of carbonyl (C=O) groups excluding carboxylic acids is 3. The molecule has 0 bridgehead atoms. The zero-order valence-corrected chi connectivity index (χ0v) is 19.6. The van der Waals surface area contributed by atoms with Crippen molar-refractivity contribution in [1.82, 2.24) is 5.32 Å². The molecule has 2 aromatic rings. The number of carbonyl (C=O) groups is 3. The molecule has 0 saturated carbocycles. The molecule has 1 aliphatic carbocycles. The first kappa shape index (κ1) is 23.3. The number of ketones is 1. The van der Waals surface area contributed by atoms with Gasteiger partial charge in [-0.25, -0.2) is 4.79 Å². The summed E-state index contributed by atoms with van der Waals surface area (Å²) in [6.07, 6.45) is 0.405. The van der Waals surface area contributed by atoms with Crippen LogP contribution in [0.2, 0.25) is 0 Å². The van der Waals surface area contributed by atoms with Crippen LogP contribution in [0.5, 0.6) is 5.75 Å². The van der Waals surface area contributed by atoms with Gasteiger partial charge in [-0.15, -0.1) is 0 Å². The van der Waals surface area contributed by atoms with Gasteiger partial charge in [0.05, 0.1) is 26.9 Å². The van der Waals surface area contributed by atoms with Crippen molar-refractivity contribution in [3.63, 3.8) is 0 Å². The fourth-order valence-electron chi connectivity index (χ4n) is 4.96. The second kappa shape index (κ2) is 9.55. The molecule has 3 unspecified atom stereocenters. The molecule has 2 aliphatic rings. The molecule has 0 amide bonds. The van der Waals surface area contributed by atoms with Crippen LogP contribution in [0.25, 0.3) is 0 Å². The molecule has 176 valence electrons. The summed E-state index contributed by atoms with van der Waals surface area (Å²) < 4.78 is 15.4. The van der Waals surface area contributed by atoms with Gasteiger partial charge in [0.15, 0.2) is 5.78 Å². The van der Waals surface area contributed by atoms with Gasteiger partial charge in [-0.3, -0.25) is 9.59 Å². The first-order valence-corrected chi connectivity index (χ1v) is 11.0. The average molecular weight is 462 g/mol. The van der Waals surface area contributed by atoms with Gasteiger partial charge in [0.25, 0.3) is 0 Å². The fourth-order valence-corrected chi connectivity index (χ4v) is 4.96. The van der Waals surface area contributed by atoms with E-state index in [4.69, 9.17) is 14.2 Å². The van der Waals surface area contributed by atoms with Gasteiger partial charge in [-0.1, -0.05) is 42.5 Å². The van der Waals surface area contributed by atoms with Gasteiger partial charge in [0, 0.05) is 28.8 Å². The number of benzene rings is 2. The number of esters is 2. The Morgan fingerprint density at radius 2 is 1.59 bits per heavy atom. The molecule has 1 heterocycles. The van der Waals surface area contributed by atoms with Gasteiger partial charge in [-0.05, 0) is 36.6 Å². The Balaban J connectivity index is 1.88. The summed E-state index contributed by atoms with van der Waals surface area (Å²) in [4.78, 5) is 39.7. The smallest absolute Gasteiger partial charge is 0.336 e. The third-order valence-corrected chi connectivity index (χ3v) is 6.56. The van der Waals surface area contributed by atoms with E-state index in [0.717, 1.165) is 11.1 Å². The minimum absolute atomic E-state index is 0.354. The summed E-state index contributed by atoms with van der Waals surface area (Å²) in [5.41, 5.74) is 3.68. The molecule has 3 atom stereocenters. The van der Waals surface area contributed by atoms with Gasteiger partial charge in [-0.2, -0.15) is 0 Å². The molecule has 0 spiro atoms. The fraction of sp³-hybridized carbons (Fsp3) is 0.296. The lowest BCUT2D eigenvalue weighted by Gasteiger charge is -2.39. The number of nitrogens with one attached hydrogen (secondary N) is 1. The van der Waals surface area contributed by atoms with E-state index in [-0.39, 0.29) is 5.78 Å². The quantitative estimate of drug-likeness (QED) is 0.537. The molecular formula is C27H27NO6.